The van der Waals surface area contributed by atoms with Crippen LogP contribution in [0.3, 0.4) is 0 Å². The van der Waals surface area contributed by atoms with Crippen LogP contribution in [0.2, 0.25) is 0 Å². The average Bonchev–Trinajstić information content (AvgIpc) is 2.25. The van der Waals surface area contributed by atoms with Crippen LogP contribution in [-0.2, 0) is 0 Å². The number of hydrogen-bond donors (Lipinski definition) is 1. The Labute approximate surface area is 102 Å². The van der Waals surface area contributed by atoms with Gasteiger partial charge in [-0.15, -0.1) is 0 Å². The zero-order valence-electron chi connectivity index (χ0n) is 7.98. The molecule has 0 aromatic heterocycles. The number of nitrogens with two attached hydrogens (primary N) is 1. The van der Waals surface area contributed by atoms with Gasteiger partial charge >= 0.3 is 0 Å². The maximum atomic E-state index is 5.63. The Morgan fingerprint density at radius 1 is 0.933 bits per heavy atom. The van der Waals surface area contributed by atoms with Crippen LogP contribution in [0.4, 0.5) is 5.69 Å². The van der Waals surface area contributed by atoms with Crippen molar-refractivity contribution in [1.82, 2.24) is 0 Å². The van der Waals surface area contributed by atoms with Gasteiger partial charge in [-0.05, 0) is 52.3 Å². The van der Waals surface area contributed by atoms with E-state index in [1.165, 1.54) is 9.79 Å². The van der Waals surface area contributed by atoms with Gasteiger partial charge in [-0.25, -0.2) is 0 Å². The molecule has 2 N–H and O–H groups in total. The number of rotatable bonds is 2. The molecule has 0 aliphatic rings. The van der Waals surface area contributed by atoms with Crippen LogP contribution in [-0.4, -0.2) is 0 Å². The zero-order chi connectivity index (χ0) is 10.7. The van der Waals surface area contributed by atoms with E-state index in [4.69, 9.17) is 5.73 Å². The third kappa shape index (κ3) is 2.76. The minimum Gasteiger partial charge on any atom is -0.399 e. The lowest BCUT2D eigenvalue weighted by molar-refractivity contribution is 1.37. The summed E-state index contributed by atoms with van der Waals surface area (Å²) in [6, 6.07) is 16.1. The summed E-state index contributed by atoms with van der Waals surface area (Å²) in [5.74, 6) is 0. The first-order valence-corrected chi connectivity index (χ1v) is 6.14. The summed E-state index contributed by atoms with van der Waals surface area (Å²) >= 11 is 5.24. The summed E-state index contributed by atoms with van der Waals surface area (Å²) in [6.07, 6.45) is 0. The van der Waals surface area contributed by atoms with Gasteiger partial charge in [-0.3, -0.25) is 0 Å². The minimum absolute atomic E-state index is 0.798. The third-order valence-corrected chi connectivity index (χ3v) is 3.98. The van der Waals surface area contributed by atoms with E-state index in [1.54, 1.807) is 11.8 Å². The number of benzene rings is 2. The minimum atomic E-state index is 0.798. The third-order valence-electron chi connectivity index (χ3n) is 1.94. The van der Waals surface area contributed by atoms with E-state index < -0.39 is 0 Å². The van der Waals surface area contributed by atoms with Crippen molar-refractivity contribution < 1.29 is 0 Å². The van der Waals surface area contributed by atoms with E-state index in [0.717, 1.165) is 10.2 Å². The summed E-state index contributed by atoms with van der Waals surface area (Å²) in [7, 11) is 0. The Hall–Kier alpha value is -0.930. The van der Waals surface area contributed by atoms with Crippen molar-refractivity contribution in [3.05, 3.63) is 53.0 Å². The van der Waals surface area contributed by atoms with Crippen molar-refractivity contribution in [2.45, 2.75) is 9.79 Å². The molecule has 0 saturated carbocycles. The Bertz CT molecular complexity index is 453. The van der Waals surface area contributed by atoms with E-state index in [1.807, 2.05) is 42.5 Å². The summed E-state index contributed by atoms with van der Waals surface area (Å²) in [5, 5.41) is 0. The van der Waals surface area contributed by atoms with Crippen molar-refractivity contribution in [2.24, 2.45) is 0 Å². The van der Waals surface area contributed by atoms with Crippen LogP contribution >= 0.6 is 27.7 Å². The summed E-state index contributed by atoms with van der Waals surface area (Å²) in [5.41, 5.74) is 6.43. The molecule has 0 saturated heterocycles. The fourth-order valence-electron chi connectivity index (χ4n) is 1.19. The van der Waals surface area contributed by atoms with Crippen LogP contribution in [0.5, 0.6) is 0 Å². The fraction of sp³-hybridized carbons (Fsp3) is 0. The zero-order valence-corrected chi connectivity index (χ0v) is 10.4. The molecular weight excluding hydrogens is 270 g/mol. The topological polar surface area (TPSA) is 26.0 Å². The highest BCUT2D eigenvalue weighted by molar-refractivity contribution is 9.10. The first-order chi connectivity index (χ1) is 7.25. The number of hydrogen-bond acceptors (Lipinski definition) is 2. The SMILES string of the molecule is Nc1ccc(Sc2ccccc2Br)cc1. The Kier molecular flexibility index (Phi) is 3.34. The molecule has 0 unspecified atom stereocenters. The van der Waals surface area contributed by atoms with Crippen molar-refractivity contribution in [3.63, 3.8) is 0 Å². The highest BCUT2D eigenvalue weighted by Gasteiger charge is 2.00. The summed E-state index contributed by atoms with van der Waals surface area (Å²) < 4.78 is 1.12. The van der Waals surface area contributed by atoms with E-state index >= 15 is 0 Å². The van der Waals surface area contributed by atoms with Crippen LogP contribution < -0.4 is 5.73 Å². The number of halogens is 1. The smallest absolute Gasteiger partial charge is 0.0314 e. The van der Waals surface area contributed by atoms with Gasteiger partial charge in [0.15, 0.2) is 0 Å². The van der Waals surface area contributed by atoms with Gasteiger partial charge in [0.05, 0.1) is 0 Å². The number of nitrogen functional groups attached to an aromatic ring is 1. The van der Waals surface area contributed by atoms with Crippen LogP contribution in [0.25, 0.3) is 0 Å². The summed E-state index contributed by atoms with van der Waals surface area (Å²) in [6.45, 7) is 0. The van der Waals surface area contributed by atoms with Gasteiger partial charge < -0.3 is 5.73 Å². The molecule has 15 heavy (non-hydrogen) atoms. The molecule has 76 valence electrons. The van der Waals surface area contributed by atoms with Crippen LogP contribution in [0.1, 0.15) is 0 Å². The summed E-state index contributed by atoms with van der Waals surface area (Å²) in [4.78, 5) is 2.40. The van der Waals surface area contributed by atoms with E-state index in [-0.39, 0.29) is 0 Å². The van der Waals surface area contributed by atoms with Gasteiger partial charge in [0.25, 0.3) is 0 Å². The predicted octanol–water partition coefficient (Wildman–Crippen LogP) is 4.18. The maximum absolute atomic E-state index is 5.63. The van der Waals surface area contributed by atoms with Gasteiger partial charge in [0.1, 0.15) is 0 Å². The molecule has 3 heteroatoms. The van der Waals surface area contributed by atoms with Crippen molar-refractivity contribution >= 4 is 33.4 Å². The molecule has 0 atom stereocenters. The van der Waals surface area contributed by atoms with Crippen LogP contribution in [0, 0.1) is 0 Å². The van der Waals surface area contributed by atoms with Crippen molar-refractivity contribution in [1.29, 1.82) is 0 Å². The lowest BCUT2D eigenvalue weighted by Crippen LogP contribution is -1.82. The molecule has 2 rings (SSSR count). The van der Waals surface area contributed by atoms with Gasteiger partial charge in [-0.1, -0.05) is 23.9 Å². The molecule has 0 spiro atoms. The highest BCUT2D eigenvalue weighted by Crippen LogP contribution is 2.33. The normalized spacial score (nSPS) is 10.2. The molecule has 0 amide bonds. The molecule has 2 aromatic carbocycles. The molecule has 0 radical (unpaired) electrons. The Morgan fingerprint density at radius 2 is 1.60 bits per heavy atom. The Morgan fingerprint density at radius 3 is 2.27 bits per heavy atom. The van der Waals surface area contributed by atoms with Gasteiger partial charge in [0, 0.05) is 20.0 Å². The van der Waals surface area contributed by atoms with E-state index in [2.05, 4.69) is 22.0 Å². The average molecular weight is 280 g/mol. The molecule has 0 aliphatic carbocycles. The lowest BCUT2D eigenvalue weighted by Gasteiger charge is -2.03. The standard InChI is InChI=1S/C12H10BrNS/c13-11-3-1-2-4-12(11)15-10-7-5-9(14)6-8-10/h1-8H,14H2. The predicted molar refractivity (Wildman–Crippen MR) is 69.1 cm³/mol. The number of anilines is 1. The Balaban J connectivity index is 2.22. The molecule has 1 nitrogen and oxygen atoms in total. The second-order valence-electron chi connectivity index (χ2n) is 3.10. The highest BCUT2D eigenvalue weighted by atomic mass is 79.9. The van der Waals surface area contributed by atoms with Crippen LogP contribution in [0.15, 0.2) is 62.8 Å². The maximum Gasteiger partial charge on any atom is 0.0314 e. The molecule has 0 heterocycles. The fourth-order valence-corrected chi connectivity index (χ4v) is 2.56. The van der Waals surface area contributed by atoms with Crippen molar-refractivity contribution in [2.75, 3.05) is 5.73 Å². The molecule has 0 bridgehead atoms. The van der Waals surface area contributed by atoms with Crippen molar-refractivity contribution in [3.8, 4) is 0 Å². The quantitative estimate of drug-likeness (QED) is 0.835. The van der Waals surface area contributed by atoms with Gasteiger partial charge in [0.2, 0.25) is 0 Å². The molecule has 2 aromatic rings. The largest absolute Gasteiger partial charge is 0.399 e. The second-order valence-corrected chi connectivity index (χ2v) is 5.07. The van der Waals surface area contributed by atoms with Gasteiger partial charge in [-0.2, -0.15) is 0 Å². The monoisotopic (exact) mass is 279 g/mol. The molecular formula is C12H10BrNS. The first-order valence-electron chi connectivity index (χ1n) is 4.53. The lowest BCUT2D eigenvalue weighted by atomic mass is 10.3. The molecule has 0 aliphatic heterocycles. The first kappa shape index (κ1) is 10.6. The van der Waals surface area contributed by atoms with E-state index in [0.29, 0.717) is 0 Å². The second kappa shape index (κ2) is 4.73. The molecule has 0 fully saturated rings. The van der Waals surface area contributed by atoms with E-state index in [9.17, 15) is 0 Å².